The summed E-state index contributed by atoms with van der Waals surface area (Å²) in [6.45, 7) is 1.40. The van der Waals surface area contributed by atoms with Crippen molar-refractivity contribution >= 4 is 26.7 Å². The Labute approximate surface area is 140 Å². The molecular weight excluding hydrogens is 350 g/mol. The Hall–Kier alpha value is -3.08. The molecule has 132 valence electrons. The van der Waals surface area contributed by atoms with Gasteiger partial charge in [-0.25, -0.2) is 18.0 Å². The molecule has 0 unspecified atom stereocenters. The Morgan fingerprint density at radius 1 is 1.00 bits per heavy atom. The molecule has 0 bridgehead atoms. The second-order valence-corrected chi connectivity index (χ2v) is 7.25. The molecule has 0 radical (unpaired) electrons. The maximum absolute atomic E-state index is 12.6. The highest BCUT2D eigenvalue weighted by Crippen LogP contribution is 2.20. The van der Waals surface area contributed by atoms with E-state index in [9.17, 15) is 22.8 Å². The number of sulfonamides is 1. The minimum Gasteiger partial charge on any atom is -0.309 e. The summed E-state index contributed by atoms with van der Waals surface area (Å²) in [6, 6.07) is 4.18. The van der Waals surface area contributed by atoms with Crippen LogP contribution in [0.5, 0.6) is 0 Å². The smallest absolute Gasteiger partial charge is 0.309 e. The van der Waals surface area contributed by atoms with E-state index >= 15 is 0 Å². The van der Waals surface area contributed by atoms with Gasteiger partial charge in [-0.1, -0.05) is 0 Å². The lowest BCUT2D eigenvalue weighted by Crippen LogP contribution is -2.28. The summed E-state index contributed by atoms with van der Waals surface area (Å²) in [4.78, 5) is 39.1. The molecule has 0 aliphatic carbocycles. The van der Waals surface area contributed by atoms with Gasteiger partial charge in [0.05, 0.1) is 15.9 Å². The minimum absolute atomic E-state index is 0.0884. The number of hydrogen-bond acceptors (Lipinski definition) is 5. The highest BCUT2D eigenvalue weighted by molar-refractivity contribution is 7.92. The topological polar surface area (TPSA) is 139 Å². The third-order valence-electron chi connectivity index (χ3n) is 3.92. The van der Waals surface area contributed by atoms with Gasteiger partial charge in [0.2, 0.25) is 0 Å². The van der Waals surface area contributed by atoms with Gasteiger partial charge in [0.15, 0.2) is 0 Å². The summed E-state index contributed by atoms with van der Waals surface area (Å²) >= 11 is 0. The Kier molecular flexibility index (Phi) is 3.68. The average Bonchev–Trinajstić information content (AvgIpc) is 2.75. The zero-order valence-electron chi connectivity index (χ0n) is 13.6. The highest BCUT2D eigenvalue weighted by Gasteiger charge is 2.20. The first-order valence-corrected chi connectivity index (χ1v) is 8.61. The maximum atomic E-state index is 12.6. The van der Waals surface area contributed by atoms with E-state index in [2.05, 4.69) is 9.71 Å². The van der Waals surface area contributed by atoms with Crippen LogP contribution in [0, 0.1) is 6.92 Å². The van der Waals surface area contributed by atoms with Gasteiger partial charge in [0.1, 0.15) is 5.69 Å². The van der Waals surface area contributed by atoms with Crippen LogP contribution in [0.15, 0.2) is 37.5 Å². The van der Waals surface area contributed by atoms with Gasteiger partial charge < -0.3 is 4.98 Å². The molecule has 2 aromatic heterocycles. The van der Waals surface area contributed by atoms with Crippen molar-refractivity contribution in [2.45, 2.75) is 11.8 Å². The number of aromatic nitrogens is 4. The van der Waals surface area contributed by atoms with Gasteiger partial charge in [-0.05, 0) is 25.1 Å². The summed E-state index contributed by atoms with van der Waals surface area (Å²) in [7, 11) is -0.983. The van der Waals surface area contributed by atoms with Crippen LogP contribution in [0.1, 0.15) is 5.69 Å². The molecule has 2 heterocycles. The summed E-state index contributed by atoms with van der Waals surface area (Å²) < 4.78 is 30.1. The number of rotatable bonds is 3. The van der Waals surface area contributed by atoms with Crippen molar-refractivity contribution in [1.29, 1.82) is 0 Å². The quantitative estimate of drug-likeness (QED) is 0.567. The molecule has 3 N–H and O–H groups in total. The fraction of sp³-hybridized carbons (Fsp3) is 0.214. The number of anilines is 1. The number of benzene rings is 1. The maximum Gasteiger partial charge on any atom is 0.328 e. The number of aromatic amines is 2. The van der Waals surface area contributed by atoms with Crippen LogP contribution in [-0.2, 0) is 24.1 Å². The van der Waals surface area contributed by atoms with Crippen LogP contribution in [0.4, 0.5) is 5.69 Å². The van der Waals surface area contributed by atoms with Gasteiger partial charge in [0.25, 0.3) is 15.6 Å². The van der Waals surface area contributed by atoms with E-state index < -0.39 is 21.3 Å². The predicted octanol–water partition coefficient (Wildman–Crippen LogP) is -0.637. The number of aryl methyl sites for hydroxylation is 3. The highest BCUT2D eigenvalue weighted by atomic mass is 32.2. The van der Waals surface area contributed by atoms with Crippen LogP contribution in [0.3, 0.4) is 0 Å². The summed E-state index contributed by atoms with van der Waals surface area (Å²) in [5.74, 6) is 0. The molecule has 0 fully saturated rings. The Bertz CT molecular complexity index is 1280. The molecule has 0 aliphatic heterocycles. The molecule has 0 amide bonds. The minimum atomic E-state index is -4.10. The largest absolute Gasteiger partial charge is 0.328 e. The van der Waals surface area contributed by atoms with Crippen molar-refractivity contribution in [2.24, 2.45) is 14.1 Å². The SMILES string of the molecule is Cc1[nH]c(=O)[nH]c(=O)c1NS(=O)(=O)c1ccc2c(c1)n(C)c(=O)n2C. The second kappa shape index (κ2) is 5.48. The summed E-state index contributed by atoms with van der Waals surface area (Å²) in [5, 5.41) is 0. The lowest BCUT2D eigenvalue weighted by atomic mass is 10.3. The van der Waals surface area contributed by atoms with Crippen molar-refractivity contribution in [1.82, 2.24) is 19.1 Å². The molecule has 3 rings (SSSR count). The fourth-order valence-corrected chi connectivity index (χ4v) is 3.72. The molecule has 0 saturated carbocycles. The fourth-order valence-electron chi connectivity index (χ4n) is 2.57. The first-order chi connectivity index (χ1) is 11.6. The molecule has 25 heavy (non-hydrogen) atoms. The second-order valence-electron chi connectivity index (χ2n) is 5.56. The third kappa shape index (κ3) is 2.67. The zero-order valence-corrected chi connectivity index (χ0v) is 14.4. The van der Waals surface area contributed by atoms with Gasteiger partial charge in [-0.3, -0.25) is 23.6 Å². The van der Waals surface area contributed by atoms with E-state index in [-0.39, 0.29) is 22.0 Å². The molecule has 0 aliphatic rings. The van der Waals surface area contributed by atoms with E-state index in [1.165, 1.54) is 41.3 Å². The van der Waals surface area contributed by atoms with Crippen molar-refractivity contribution in [3.8, 4) is 0 Å². The molecule has 11 heteroatoms. The van der Waals surface area contributed by atoms with Gasteiger partial charge in [-0.2, -0.15) is 0 Å². The van der Waals surface area contributed by atoms with Crippen molar-refractivity contribution in [2.75, 3.05) is 4.72 Å². The van der Waals surface area contributed by atoms with Crippen LogP contribution < -0.4 is 21.7 Å². The summed E-state index contributed by atoms with van der Waals surface area (Å²) in [6.07, 6.45) is 0. The summed E-state index contributed by atoms with van der Waals surface area (Å²) in [5.41, 5.74) is -1.05. The number of fused-ring (bicyclic) bond motifs is 1. The van der Waals surface area contributed by atoms with Crippen LogP contribution >= 0.6 is 0 Å². The standard InChI is InChI=1S/C14H15N5O5S/c1-7-11(12(20)16-13(21)15-7)17-25(23,24)8-4-5-9-10(6-8)19(3)14(22)18(9)2/h4-6,17H,1-3H3,(H2,15,16,20,21). The average molecular weight is 365 g/mol. The Morgan fingerprint density at radius 2 is 1.64 bits per heavy atom. The number of imidazole rings is 1. The van der Waals surface area contributed by atoms with Gasteiger partial charge >= 0.3 is 11.4 Å². The molecular formula is C14H15N5O5S. The molecule has 0 spiro atoms. The van der Waals surface area contributed by atoms with Crippen molar-refractivity contribution in [3.05, 3.63) is 55.2 Å². The van der Waals surface area contributed by atoms with E-state index in [1.54, 1.807) is 7.05 Å². The van der Waals surface area contributed by atoms with Crippen LogP contribution in [0.25, 0.3) is 11.0 Å². The van der Waals surface area contributed by atoms with E-state index in [0.29, 0.717) is 11.0 Å². The van der Waals surface area contributed by atoms with Crippen LogP contribution in [-0.4, -0.2) is 27.5 Å². The third-order valence-corrected chi connectivity index (χ3v) is 5.27. The number of H-pyrrole nitrogens is 2. The first-order valence-electron chi connectivity index (χ1n) is 7.13. The first kappa shape index (κ1) is 16.8. The molecule has 1 aromatic carbocycles. The molecule has 3 aromatic rings. The number of hydrogen-bond donors (Lipinski definition) is 3. The molecule has 10 nitrogen and oxygen atoms in total. The lowest BCUT2D eigenvalue weighted by molar-refractivity contribution is 0.601. The van der Waals surface area contributed by atoms with Gasteiger partial charge in [0, 0.05) is 19.8 Å². The van der Waals surface area contributed by atoms with E-state index in [1.807, 2.05) is 4.98 Å². The Balaban J connectivity index is 2.14. The lowest BCUT2D eigenvalue weighted by Gasteiger charge is -2.09. The molecule has 0 atom stereocenters. The van der Waals surface area contributed by atoms with E-state index in [0.717, 1.165) is 0 Å². The number of nitrogens with one attached hydrogen (secondary N) is 3. The Morgan fingerprint density at radius 3 is 2.28 bits per heavy atom. The zero-order chi connectivity index (χ0) is 18.5. The normalized spacial score (nSPS) is 11.8. The molecule has 0 saturated heterocycles. The van der Waals surface area contributed by atoms with Crippen molar-refractivity contribution in [3.63, 3.8) is 0 Å². The predicted molar refractivity (Wildman–Crippen MR) is 91.4 cm³/mol. The van der Waals surface area contributed by atoms with Crippen molar-refractivity contribution < 1.29 is 8.42 Å². The monoisotopic (exact) mass is 365 g/mol. The van der Waals surface area contributed by atoms with E-state index in [4.69, 9.17) is 0 Å². The van der Waals surface area contributed by atoms with Gasteiger partial charge in [-0.15, -0.1) is 0 Å². The van der Waals surface area contributed by atoms with Crippen LogP contribution in [0.2, 0.25) is 0 Å². The number of nitrogens with zero attached hydrogens (tertiary/aromatic N) is 2.